The monoisotopic (exact) mass is 261 g/mol. The molecule has 1 aromatic carbocycles. The van der Waals surface area contributed by atoms with Gasteiger partial charge in [0.25, 0.3) is 0 Å². The summed E-state index contributed by atoms with van der Waals surface area (Å²) in [7, 11) is 0. The van der Waals surface area contributed by atoms with Crippen LogP contribution in [0.25, 0.3) is 0 Å². The van der Waals surface area contributed by atoms with Gasteiger partial charge in [0.1, 0.15) is 0 Å². The lowest BCUT2D eigenvalue weighted by Crippen LogP contribution is -2.42. The largest absolute Gasteiger partial charge is 0.372 e. The maximum absolute atomic E-state index is 6.02. The SMILES string of the molecule is CCC1(C)CCOC(c2ccc(C(C)C)cc2)CN1. The molecule has 2 unspecified atom stereocenters. The van der Waals surface area contributed by atoms with Crippen LogP contribution in [0.4, 0.5) is 0 Å². The minimum atomic E-state index is 0.189. The summed E-state index contributed by atoms with van der Waals surface area (Å²) in [5, 5.41) is 3.67. The van der Waals surface area contributed by atoms with Crippen molar-refractivity contribution in [1.82, 2.24) is 5.32 Å². The van der Waals surface area contributed by atoms with Gasteiger partial charge in [-0.2, -0.15) is 0 Å². The molecule has 1 saturated heterocycles. The number of benzene rings is 1. The van der Waals surface area contributed by atoms with Gasteiger partial charge in [0.2, 0.25) is 0 Å². The fourth-order valence-corrected chi connectivity index (χ4v) is 2.52. The zero-order valence-corrected chi connectivity index (χ0v) is 12.7. The van der Waals surface area contributed by atoms with E-state index in [-0.39, 0.29) is 11.6 Å². The first kappa shape index (κ1) is 14.5. The van der Waals surface area contributed by atoms with Crippen LogP contribution in [0.15, 0.2) is 24.3 Å². The van der Waals surface area contributed by atoms with Crippen LogP contribution in [0.3, 0.4) is 0 Å². The Morgan fingerprint density at radius 3 is 2.58 bits per heavy atom. The molecule has 0 spiro atoms. The van der Waals surface area contributed by atoms with E-state index in [1.165, 1.54) is 11.1 Å². The summed E-state index contributed by atoms with van der Waals surface area (Å²) in [5.41, 5.74) is 2.91. The van der Waals surface area contributed by atoms with Crippen molar-refractivity contribution in [3.05, 3.63) is 35.4 Å². The minimum Gasteiger partial charge on any atom is -0.372 e. The summed E-state index contributed by atoms with van der Waals surface area (Å²) in [6.07, 6.45) is 2.42. The van der Waals surface area contributed by atoms with Crippen LogP contribution < -0.4 is 5.32 Å². The van der Waals surface area contributed by atoms with Crippen LogP contribution in [0.5, 0.6) is 0 Å². The molecular formula is C17H27NO. The maximum atomic E-state index is 6.02. The lowest BCUT2D eigenvalue weighted by Gasteiger charge is -2.27. The first-order chi connectivity index (χ1) is 9.04. The molecule has 2 nitrogen and oxygen atoms in total. The Kier molecular flexibility index (Phi) is 4.64. The standard InChI is InChI=1S/C17H27NO/c1-5-17(4)10-11-19-16(12-18-17)15-8-6-14(7-9-15)13(2)3/h6-9,13,16,18H,5,10-12H2,1-4H3. The van der Waals surface area contributed by atoms with Gasteiger partial charge in [0, 0.05) is 18.7 Å². The highest BCUT2D eigenvalue weighted by molar-refractivity contribution is 5.26. The Morgan fingerprint density at radius 1 is 1.32 bits per heavy atom. The van der Waals surface area contributed by atoms with E-state index in [1.807, 2.05) is 0 Å². The molecule has 2 rings (SSSR count). The summed E-state index contributed by atoms with van der Waals surface area (Å²) in [4.78, 5) is 0. The molecule has 1 fully saturated rings. The lowest BCUT2D eigenvalue weighted by atomic mass is 9.95. The van der Waals surface area contributed by atoms with E-state index in [9.17, 15) is 0 Å². The summed E-state index contributed by atoms with van der Waals surface area (Å²) >= 11 is 0. The van der Waals surface area contributed by atoms with Crippen LogP contribution in [-0.4, -0.2) is 18.7 Å². The first-order valence-electron chi connectivity index (χ1n) is 7.50. The molecule has 1 aliphatic rings. The highest BCUT2D eigenvalue weighted by Crippen LogP contribution is 2.26. The van der Waals surface area contributed by atoms with Gasteiger partial charge in [-0.05, 0) is 36.8 Å². The van der Waals surface area contributed by atoms with Crippen molar-refractivity contribution in [2.75, 3.05) is 13.2 Å². The Bertz CT molecular complexity index is 398. The van der Waals surface area contributed by atoms with Crippen LogP contribution in [0.1, 0.15) is 63.7 Å². The molecule has 0 aromatic heterocycles. The molecule has 0 radical (unpaired) electrons. The van der Waals surface area contributed by atoms with E-state index in [0.717, 1.165) is 26.0 Å². The second-order valence-electron chi connectivity index (χ2n) is 6.23. The van der Waals surface area contributed by atoms with Gasteiger partial charge >= 0.3 is 0 Å². The summed E-state index contributed by atoms with van der Waals surface area (Å²) in [6, 6.07) is 8.90. The second-order valence-corrected chi connectivity index (χ2v) is 6.23. The summed E-state index contributed by atoms with van der Waals surface area (Å²) in [5.74, 6) is 0.589. The van der Waals surface area contributed by atoms with Gasteiger partial charge in [-0.15, -0.1) is 0 Å². The number of ether oxygens (including phenoxy) is 1. The number of hydrogen-bond donors (Lipinski definition) is 1. The molecule has 1 heterocycles. The molecule has 106 valence electrons. The molecule has 1 aromatic rings. The Labute approximate surface area is 117 Å². The van der Waals surface area contributed by atoms with Gasteiger partial charge in [-0.3, -0.25) is 0 Å². The average Bonchev–Trinajstić information content (AvgIpc) is 2.62. The number of nitrogens with one attached hydrogen (secondary N) is 1. The highest BCUT2D eigenvalue weighted by Gasteiger charge is 2.27. The third-order valence-electron chi connectivity index (χ3n) is 4.44. The maximum Gasteiger partial charge on any atom is 0.0949 e. The molecule has 0 bridgehead atoms. The number of rotatable bonds is 3. The zero-order valence-electron chi connectivity index (χ0n) is 12.7. The molecule has 0 aliphatic carbocycles. The van der Waals surface area contributed by atoms with Crippen molar-refractivity contribution in [3.8, 4) is 0 Å². The first-order valence-corrected chi connectivity index (χ1v) is 7.50. The molecule has 1 N–H and O–H groups in total. The van der Waals surface area contributed by atoms with Gasteiger partial charge in [-0.25, -0.2) is 0 Å². The third-order valence-corrected chi connectivity index (χ3v) is 4.44. The van der Waals surface area contributed by atoms with Gasteiger partial charge in [0.05, 0.1) is 6.10 Å². The van der Waals surface area contributed by atoms with Gasteiger partial charge in [0.15, 0.2) is 0 Å². The molecule has 1 aliphatic heterocycles. The van der Waals surface area contributed by atoms with E-state index in [2.05, 4.69) is 57.3 Å². The molecule has 0 saturated carbocycles. The smallest absolute Gasteiger partial charge is 0.0949 e. The van der Waals surface area contributed by atoms with E-state index in [1.54, 1.807) is 0 Å². The summed E-state index contributed by atoms with van der Waals surface area (Å²) in [6.45, 7) is 10.7. The Morgan fingerprint density at radius 2 is 2.00 bits per heavy atom. The van der Waals surface area contributed by atoms with Gasteiger partial charge < -0.3 is 10.1 Å². The van der Waals surface area contributed by atoms with Crippen molar-refractivity contribution < 1.29 is 4.74 Å². The fraction of sp³-hybridized carbons (Fsp3) is 0.647. The fourth-order valence-electron chi connectivity index (χ4n) is 2.52. The quantitative estimate of drug-likeness (QED) is 0.887. The predicted molar refractivity (Wildman–Crippen MR) is 80.5 cm³/mol. The topological polar surface area (TPSA) is 21.3 Å². The predicted octanol–water partition coefficient (Wildman–Crippen LogP) is 4.03. The van der Waals surface area contributed by atoms with Crippen molar-refractivity contribution in [2.24, 2.45) is 0 Å². The van der Waals surface area contributed by atoms with Crippen LogP contribution in [0, 0.1) is 0 Å². The molecule has 2 atom stereocenters. The van der Waals surface area contributed by atoms with E-state index in [0.29, 0.717) is 5.92 Å². The van der Waals surface area contributed by atoms with Crippen LogP contribution in [-0.2, 0) is 4.74 Å². The summed E-state index contributed by atoms with van der Waals surface area (Å²) < 4.78 is 6.02. The van der Waals surface area contributed by atoms with Crippen molar-refractivity contribution in [2.45, 2.75) is 58.1 Å². The van der Waals surface area contributed by atoms with Crippen molar-refractivity contribution in [1.29, 1.82) is 0 Å². The van der Waals surface area contributed by atoms with Gasteiger partial charge in [-0.1, -0.05) is 45.0 Å². The number of hydrogen-bond acceptors (Lipinski definition) is 2. The van der Waals surface area contributed by atoms with Crippen LogP contribution >= 0.6 is 0 Å². The second kappa shape index (κ2) is 6.06. The molecule has 0 amide bonds. The van der Waals surface area contributed by atoms with E-state index >= 15 is 0 Å². The average molecular weight is 261 g/mol. The van der Waals surface area contributed by atoms with Crippen molar-refractivity contribution >= 4 is 0 Å². The minimum absolute atomic E-state index is 0.189. The van der Waals surface area contributed by atoms with E-state index < -0.39 is 0 Å². The highest BCUT2D eigenvalue weighted by atomic mass is 16.5. The zero-order chi connectivity index (χ0) is 13.9. The Hall–Kier alpha value is -0.860. The lowest BCUT2D eigenvalue weighted by molar-refractivity contribution is 0.0653. The van der Waals surface area contributed by atoms with E-state index in [4.69, 9.17) is 4.74 Å². The van der Waals surface area contributed by atoms with Crippen molar-refractivity contribution in [3.63, 3.8) is 0 Å². The Balaban J connectivity index is 2.06. The molecule has 19 heavy (non-hydrogen) atoms. The molecular weight excluding hydrogens is 234 g/mol. The van der Waals surface area contributed by atoms with Crippen LogP contribution in [0.2, 0.25) is 0 Å². The molecule has 2 heteroatoms. The normalized spacial score (nSPS) is 28.4. The third kappa shape index (κ3) is 3.58.